The second-order valence-corrected chi connectivity index (χ2v) is 4.02. The third-order valence-corrected chi connectivity index (χ3v) is 2.53. The molecule has 20 heavy (non-hydrogen) atoms. The highest BCUT2D eigenvalue weighted by molar-refractivity contribution is 5.91. The van der Waals surface area contributed by atoms with Crippen LogP contribution in [0, 0.1) is 0 Å². The van der Waals surface area contributed by atoms with Crippen molar-refractivity contribution in [3.63, 3.8) is 0 Å². The van der Waals surface area contributed by atoms with Crippen molar-refractivity contribution in [1.82, 2.24) is 4.98 Å². The van der Waals surface area contributed by atoms with Gasteiger partial charge in [0.25, 0.3) is 5.91 Å². The number of pyridine rings is 1. The number of benzene rings is 1. The second-order valence-electron chi connectivity index (χ2n) is 4.02. The lowest BCUT2D eigenvalue weighted by Crippen LogP contribution is -2.12. The smallest absolute Gasteiger partial charge is 0.307 e. The van der Waals surface area contributed by atoms with E-state index in [1.54, 1.807) is 30.3 Å². The number of nitrogens with zero attached hydrogens (tertiary/aromatic N) is 1. The Hall–Kier alpha value is -2.89. The van der Waals surface area contributed by atoms with Gasteiger partial charge in [-0.15, -0.1) is 0 Å². The fourth-order valence-corrected chi connectivity index (χ4v) is 1.65. The maximum absolute atomic E-state index is 11.0. The summed E-state index contributed by atoms with van der Waals surface area (Å²) in [6.07, 6.45) is 1.25. The maximum Gasteiger partial charge on any atom is 0.307 e. The SMILES string of the molecule is NC(=O)c1cc(Oc2ccccc2CC(=O)O)ccn1. The fraction of sp³-hybridized carbons (Fsp3) is 0.0714. The molecule has 2 aromatic rings. The first kappa shape index (κ1) is 13.5. The van der Waals surface area contributed by atoms with E-state index in [-0.39, 0.29) is 12.1 Å². The zero-order chi connectivity index (χ0) is 14.5. The number of carbonyl (C=O) groups excluding carboxylic acids is 1. The van der Waals surface area contributed by atoms with Crippen molar-refractivity contribution >= 4 is 11.9 Å². The molecule has 102 valence electrons. The van der Waals surface area contributed by atoms with Gasteiger partial charge in [-0.05, 0) is 12.1 Å². The van der Waals surface area contributed by atoms with Crippen LogP contribution in [0.2, 0.25) is 0 Å². The molecule has 1 amide bonds. The van der Waals surface area contributed by atoms with E-state index >= 15 is 0 Å². The van der Waals surface area contributed by atoms with E-state index in [2.05, 4.69) is 4.98 Å². The van der Waals surface area contributed by atoms with Crippen LogP contribution < -0.4 is 10.5 Å². The summed E-state index contributed by atoms with van der Waals surface area (Å²) in [7, 11) is 0. The Morgan fingerprint density at radius 2 is 2.00 bits per heavy atom. The molecule has 6 heteroatoms. The largest absolute Gasteiger partial charge is 0.481 e. The molecule has 0 radical (unpaired) electrons. The number of carboxylic acids is 1. The summed E-state index contributed by atoms with van der Waals surface area (Å²) in [5.41, 5.74) is 5.76. The highest BCUT2D eigenvalue weighted by Gasteiger charge is 2.09. The average Bonchev–Trinajstić information content (AvgIpc) is 2.41. The number of amides is 1. The van der Waals surface area contributed by atoms with E-state index in [0.29, 0.717) is 17.1 Å². The molecule has 3 N–H and O–H groups in total. The molecule has 1 aromatic heterocycles. The molecular weight excluding hydrogens is 260 g/mol. The van der Waals surface area contributed by atoms with Crippen LogP contribution in [0.25, 0.3) is 0 Å². The van der Waals surface area contributed by atoms with Crippen molar-refractivity contribution in [2.45, 2.75) is 6.42 Å². The van der Waals surface area contributed by atoms with Crippen LogP contribution in [0.4, 0.5) is 0 Å². The zero-order valence-electron chi connectivity index (χ0n) is 10.4. The molecule has 0 bridgehead atoms. The van der Waals surface area contributed by atoms with Crippen molar-refractivity contribution in [2.75, 3.05) is 0 Å². The lowest BCUT2D eigenvalue weighted by Gasteiger charge is -2.10. The number of aliphatic carboxylic acids is 1. The quantitative estimate of drug-likeness (QED) is 0.860. The number of rotatable bonds is 5. The minimum absolute atomic E-state index is 0.0817. The first-order valence-electron chi connectivity index (χ1n) is 5.79. The van der Waals surface area contributed by atoms with Gasteiger partial charge in [-0.25, -0.2) is 0 Å². The van der Waals surface area contributed by atoms with Crippen LogP contribution in [-0.4, -0.2) is 22.0 Å². The number of nitrogens with two attached hydrogens (primary N) is 1. The molecule has 0 aliphatic carbocycles. The van der Waals surface area contributed by atoms with Crippen LogP contribution in [0.5, 0.6) is 11.5 Å². The minimum Gasteiger partial charge on any atom is -0.481 e. The number of hydrogen-bond donors (Lipinski definition) is 2. The Kier molecular flexibility index (Phi) is 3.95. The van der Waals surface area contributed by atoms with Gasteiger partial charge in [-0.1, -0.05) is 18.2 Å². The molecule has 1 aromatic carbocycles. The Morgan fingerprint density at radius 1 is 1.25 bits per heavy atom. The Morgan fingerprint density at radius 3 is 2.70 bits per heavy atom. The summed E-state index contributed by atoms with van der Waals surface area (Å²) in [4.78, 5) is 25.6. The molecule has 0 saturated heterocycles. The van der Waals surface area contributed by atoms with Crippen LogP contribution in [0.15, 0.2) is 42.6 Å². The van der Waals surface area contributed by atoms with Gasteiger partial charge in [0.05, 0.1) is 6.42 Å². The third-order valence-electron chi connectivity index (χ3n) is 2.53. The number of carboxylic acid groups (broad SMARTS) is 1. The van der Waals surface area contributed by atoms with E-state index in [0.717, 1.165) is 0 Å². The first-order valence-corrected chi connectivity index (χ1v) is 5.79. The van der Waals surface area contributed by atoms with Gasteiger partial charge >= 0.3 is 5.97 Å². The van der Waals surface area contributed by atoms with Gasteiger partial charge in [-0.2, -0.15) is 0 Å². The predicted octanol–water partition coefficient (Wildman–Crippen LogP) is 1.60. The van der Waals surface area contributed by atoms with Gasteiger partial charge in [0, 0.05) is 17.8 Å². The maximum atomic E-state index is 11.0. The normalized spacial score (nSPS) is 10.0. The average molecular weight is 272 g/mol. The summed E-state index contributed by atoms with van der Waals surface area (Å²) >= 11 is 0. The Bertz CT molecular complexity index is 655. The molecule has 0 unspecified atom stereocenters. The summed E-state index contributed by atoms with van der Waals surface area (Å²) in [5, 5.41) is 8.85. The number of hydrogen-bond acceptors (Lipinski definition) is 4. The summed E-state index contributed by atoms with van der Waals surface area (Å²) in [6.45, 7) is 0. The molecule has 2 rings (SSSR count). The standard InChI is InChI=1S/C14H12N2O4/c15-14(19)11-8-10(5-6-16-11)20-12-4-2-1-3-9(12)7-13(17)18/h1-6,8H,7H2,(H2,15,19)(H,17,18). The molecule has 0 atom stereocenters. The van der Waals surface area contributed by atoms with E-state index in [4.69, 9.17) is 15.6 Å². The molecule has 1 heterocycles. The van der Waals surface area contributed by atoms with E-state index in [9.17, 15) is 9.59 Å². The number of carbonyl (C=O) groups is 2. The van der Waals surface area contributed by atoms with E-state index < -0.39 is 11.9 Å². The van der Waals surface area contributed by atoms with Crippen molar-refractivity contribution in [3.8, 4) is 11.5 Å². The Labute approximate surface area is 114 Å². The highest BCUT2D eigenvalue weighted by atomic mass is 16.5. The van der Waals surface area contributed by atoms with E-state index in [1.165, 1.54) is 12.3 Å². The molecule has 0 spiro atoms. The zero-order valence-corrected chi connectivity index (χ0v) is 10.4. The molecular formula is C14H12N2O4. The van der Waals surface area contributed by atoms with Crippen LogP contribution >= 0.6 is 0 Å². The topological polar surface area (TPSA) is 103 Å². The van der Waals surface area contributed by atoms with Crippen molar-refractivity contribution in [1.29, 1.82) is 0 Å². The molecule has 6 nitrogen and oxygen atoms in total. The highest BCUT2D eigenvalue weighted by Crippen LogP contribution is 2.25. The third kappa shape index (κ3) is 3.32. The number of aromatic nitrogens is 1. The number of primary amides is 1. The predicted molar refractivity (Wildman–Crippen MR) is 70.6 cm³/mol. The van der Waals surface area contributed by atoms with Gasteiger partial charge in [0.15, 0.2) is 0 Å². The van der Waals surface area contributed by atoms with Gasteiger partial charge < -0.3 is 15.6 Å². The molecule has 0 aliphatic heterocycles. The lowest BCUT2D eigenvalue weighted by atomic mass is 10.1. The molecule has 0 fully saturated rings. The van der Waals surface area contributed by atoms with Crippen molar-refractivity contribution in [2.24, 2.45) is 5.73 Å². The molecule has 0 saturated carbocycles. The van der Waals surface area contributed by atoms with E-state index in [1.807, 2.05) is 0 Å². The Balaban J connectivity index is 2.28. The van der Waals surface area contributed by atoms with Crippen LogP contribution in [0.3, 0.4) is 0 Å². The minimum atomic E-state index is -0.950. The van der Waals surface area contributed by atoms with Crippen LogP contribution in [-0.2, 0) is 11.2 Å². The first-order chi connectivity index (χ1) is 9.56. The number of ether oxygens (including phenoxy) is 1. The van der Waals surface area contributed by atoms with Gasteiger partial charge in [-0.3, -0.25) is 14.6 Å². The monoisotopic (exact) mass is 272 g/mol. The lowest BCUT2D eigenvalue weighted by molar-refractivity contribution is -0.136. The van der Waals surface area contributed by atoms with Gasteiger partial charge in [0.2, 0.25) is 0 Å². The second kappa shape index (κ2) is 5.83. The summed E-state index contributed by atoms with van der Waals surface area (Å²) in [5.74, 6) is -0.828. The van der Waals surface area contributed by atoms with Gasteiger partial charge in [0.1, 0.15) is 17.2 Å². The molecule has 0 aliphatic rings. The van der Waals surface area contributed by atoms with Crippen LogP contribution in [0.1, 0.15) is 16.1 Å². The number of para-hydroxylation sites is 1. The summed E-state index contributed by atoms with van der Waals surface area (Å²) in [6, 6.07) is 9.75. The van der Waals surface area contributed by atoms with Crippen molar-refractivity contribution < 1.29 is 19.4 Å². The summed E-state index contributed by atoms with van der Waals surface area (Å²) < 4.78 is 5.59. The fourth-order valence-electron chi connectivity index (χ4n) is 1.65. The van der Waals surface area contributed by atoms with Crippen molar-refractivity contribution in [3.05, 3.63) is 53.9 Å².